The fourth-order valence-electron chi connectivity index (χ4n) is 2.74. The molecule has 7 heteroatoms. The van der Waals surface area contributed by atoms with Crippen molar-refractivity contribution in [1.29, 1.82) is 0 Å². The van der Waals surface area contributed by atoms with Crippen LogP contribution in [0.5, 0.6) is 23.0 Å². The Balaban J connectivity index is 1.78. The molecule has 1 unspecified atom stereocenters. The normalized spacial score (nSPS) is 15.1. The first kappa shape index (κ1) is 17.2. The van der Waals surface area contributed by atoms with E-state index >= 15 is 0 Å². The van der Waals surface area contributed by atoms with Gasteiger partial charge in [0.05, 0.1) is 21.3 Å². The first-order valence-corrected chi connectivity index (χ1v) is 7.99. The quantitative estimate of drug-likeness (QED) is 0.882. The topological polar surface area (TPSA) is 66.0 Å². The fourth-order valence-corrected chi connectivity index (χ4v) is 2.93. The number of ether oxygens (including phenoxy) is 4. The summed E-state index contributed by atoms with van der Waals surface area (Å²) in [5, 5.41) is 3.44. The zero-order valence-electron chi connectivity index (χ0n) is 14.1. The molecule has 0 bridgehead atoms. The minimum absolute atomic E-state index is 0.262. The number of benzene rings is 2. The summed E-state index contributed by atoms with van der Waals surface area (Å²) in [6.45, 7) is 0. The second-order valence-corrected chi connectivity index (χ2v) is 5.90. The van der Waals surface area contributed by atoms with Crippen LogP contribution in [0.1, 0.15) is 5.56 Å². The van der Waals surface area contributed by atoms with Crippen molar-refractivity contribution in [2.75, 3.05) is 26.6 Å². The zero-order chi connectivity index (χ0) is 18.0. The summed E-state index contributed by atoms with van der Waals surface area (Å²) in [6.07, 6.45) is -0.154. The largest absolute Gasteiger partial charge is 0.493 e. The number of methoxy groups -OCH3 is 3. The summed E-state index contributed by atoms with van der Waals surface area (Å²) < 4.78 is 21.5. The van der Waals surface area contributed by atoms with E-state index in [1.54, 1.807) is 24.3 Å². The average molecular weight is 364 g/mol. The lowest BCUT2D eigenvalue weighted by Gasteiger charge is -2.16. The van der Waals surface area contributed by atoms with Crippen molar-refractivity contribution in [2.45, 2.75) is 12.5 Å². The van der Waals surface area contributed by atoms with Crippen LogP contribution in [0.2, 0.25) is 5.02 Å². The van der Waals surface area contributed by atoms with Gasteiger partial charge in [-0.15, -0.1) is 0 Å². The van der Waals surface area contributed by atoms with E-state index in [2.05, 4.69) is 5.32 Å². The van der Waals surface area contributed by atoms with Crippen LogP contribution in [-0.2, 0) is 11.2 Å². The van der Waals surface area contributed by atoms with Crippen LogP contribution in [-0.4, -0.2) is 33.3 Å². The van der Waals surface area contributed by atoms with Crippen LogP contribution in [0.15, 0.2) is 30.3 Å². The number of amides is 1. The van der Waals surface area contributed by atoms with Gasteiger partial charge in [-0.2, -0.15) is 0 Å². The number of hydrogen-bond donors (Lipinski definition) is 1. The van der Waals surface area contributed by atoms with Crippen LogP contribution in [0.4, 0.5) is 5.69 Å². The Bertz CT molecular complexity index is 783. The molecule has 0 aromatic heterocycles. The Morgan fingerprint density at radius 3 is 2.40 bits per heavy atom. The standard InChI is InChI=1S/C18H18ClNO5/c1-22-14-8-12(9-15(23-2)17(14)24-3)20-18(21)16-7-10-6-11(19)4-5-13(10)25-16/h4-6,8-9,16H,7H2,1-3H3,(H,20,21). The van der Waals surface area contributed by atoms with Crippen molar-refractivity contribution in [1.82, 2.24) is 0 Å². The molecule has 3 rings (SSSR count). The van der Waals surface area contributed by atoms with Gasteiger partial charge in [-0.25, -0.2) is 0 Å². The van der Waals surface area contributed by atoms with Gasteiger partial charge in [0, 0.05) is 29.3 Å². The highest BCUT2D eigenvalue weighted by Gasteiger charge is 2.29. The van der Waals surface area contributed by atoms with E-state index in [1.807, 2.05) is 6.07 Å². The molecule has 2 aromatic carbocycles. The Morgan fingerprint density at radius 2 is 1.80 bits per heavy atom. The van der Waals surface area contributed by atoms with Gasteiger partial charge < -0.3 is 24.3 Å². The second-order valence-electron chi connectivity index (χ2n) is 5.47. The average Bonchev–Trinajstić information content (AvgIpc) is 3.04. The van der Waals surface area contributed by atoms with Crippen LogP contribution in [0.3, 0.4) is 0 Å². The smallest absolute Gasteiger partial charge is 0.265 e. The Kier molecular flexibility index (Phi) is 4.90. The monoisotopic (exact) mass is 363 g/mol. The molecule has 0 saturated heterocycles. The summed E-state index contributed by atoms with van der Waals surface area (Å²) >= 11 is 5.98. The number of nitrogens with one attached hydrogen (secondary N) is 1. The lowest BCUT2D eigenvalue weighted by molar-refractivity contribution is -0.122. The van der Waals surface area contributed by atoms with E-state index in [0.717, 1.165) is 5.56 Å². The molecule has 25 heavy (non-hydrogen) atoms. The van der Waals surface area contributed by atoms with Crippen LogP contribution < -0.4 is 24.3 Å². The predicted octanol–water partition coefficient (Wildman–Crippen LogP) is 3.31. The van der Waals surface area contributed by atoms with Gasteiger partial charge >= 0.3 is 0 Å². The third-order valence-corrected chi connectivity index (χ3v) is 4.16. The molecule has 2 aromatic rings. The Labute approximate surface area is 150 Å². The molecule has 0 spiro atoms. The van der Waals surface area contributed by atoms with Crippen molar-refractivity contribution < 1.29 is 23.7 Å². The molecule has 6 nitrogen and oxygen atoms in total. The molecule has 1 heterocycles. The van der Waals surface area contributed by atoms with Crippen molar-refractivity contribution >= 4 is 23.2 Å². The van der Waals surface area contributed by atoms with Crippen LogP contribution in [0.25, 0.3) is 0 Å². The number of halogens is 1. The second kappa shape index (κ2) is 7.11. The lowest BCUT2D eigenvalue weighted by atomic mass is 10.1. The lowest BCUT2D eigenvalue weighted by Crippen LogP contribution is -2.31. The molecule has 132 valence electrons. The fraction of sp³-hybridized carbons (Fsp3) is 0.278. The van der Waals surface area contributed by atoms with Gasteiger partial charge in [0.2, 0.25) is 5.75 Å². The highest BCUT2D eigenvalue weighted by atomic mass is 35.5. The highest BCUT2D eigenvalue weighted by Crippen LogP contribution is 2.40. The number of fused-ring (bicyclic) bond motifs is 1. The zero-order valence-corrected chi connectivity index (χ0v) is 14.8. The summed E-state index contributed by atoms with van der Waals surface area (Å²) in [5.74, 6) is 1.79. The highest BCUT2D eigenvalue weighted by molar-refractivity contribution is 6.30. The molecule has 1 aliphatic heterocycles. The number of carbonyl (C=O) groups excluding carboxylic acids is 1. The van der Waals surface area contributed by atoms with Crippen molar-refractivity contribution in [3.05, 3.63) is 40.9 Å². The molecule has 0 saturated carbocycles. The molecule has 1 amide bonds. The maximum absolute atomic E-state index is 12.5. The molecule has 1 aliphatic rings. The van der Waals surface area contributed by atoms with Crippen molar-refractivity contribution in [3.8, 4) is 23.0 Å². The van der Waals surface area contributed by atoms with Gasteiger partial charge in [0.1, 0.15) is 5.75 Å². The summed E-state index contributed by atoms with van der Waals surface area (Å²) in [6, 6.07) is 8.64. The number of hydrogen-bond acceptors (Lipinski definition) is 5. The molecular formula is C18H18ClNO5. The van der Waals surface area contributed by atoms with E-state index in [9.17, 15) is 4.79 Å². The van der Waals surface area contributed by atoms with Gasteiger partial charge in [-0.1, -0.05) is 11.6 Å². The summed E-state index contributed by atoms with van der Waals surface area (Å²) in [7, 11) is 4.56. The molecule has 0 radical (unpaired) electrons. The van der Waals surface area contributed by atoms with E-state index in [4.69, 9.17) is 30.5 Å². The van der Waals surface area contributed by atoms with E-state index in [0.29, 0.717) is 40.1 Å². The molecule has 1 atom stereocenters. The minimum Gasteiger partial charge on any atom is -0.493 e. The predicted molar refractivity (Wildman–Crippen MR) is 94.3 cm³/mol. The van der Waals surface area contributed by atoms with Crippen LogP contribution >= 0.6 is 11.6 Å². The van der Waals surface area contributed by atoms with E-state index < -0.39 is 6.10 Å². The molecule has 0 fully saturated rings. The van der Waals surface area contributed by atoms with Crippen molar-refractivity contribution in [2.24, 2.45) is 0 Å². The first-order chi connectivity index (χ1) is 12.0. The molecule has 1 N–H and O–H groups in total. The van der Waals surface area contributed by atoms with E-state index in [1.165, 1.54) is 21.3 Å². The minimum atomic E-state index is -0.618. The molecular weight excluding hydrogens is 346 g/mol. The summed E-state index contributed by atoms with van der Waals surface area (Å²) in [5.41, 5.74) is 1.44. The maximum Gasteiger partial charge on any atom is 0.265 e. The summed E-state index contributed by atoms with van der Waals surface area (Å²) in [4.78, 5) is 12.5. The van der Waals surface area contributed by atoms with Gasteiger partial charge in [0.15, 0.2) is 17.6 Å². The van der Waals surface area contributed by atoms with Gasteiger partial charge in [-0.05, 0) is 23.8 Å². The number of carbonyl (C=O) groups is 1. The SMILES string of the molecule is COc1cc(NC(=O)C2Cc3cc(Cl)ccc3O2)cc(OC)c1OC. The van der Waals surface area contributed by atoms with E-state index in [-0.39, 0.29) is 5.91 Å². The van der Waals surface area contributed by atoms with Gasteiger partial charge in [-0.3, -0.25) is 4.79 Å². The van der Waals surface area contributed by atoms with Crippen LogP contribution in [0, 0.1) is 0 Å². The maximum atomic E-state index is 12.5. The Morgan fingerprint density at radius 1 is 1.12 bits per heavy atom. The number of anilines is 1. The first-order valence-electron chi connectivity index (χ1n) is 7.61. The third kappa shape index (κ3) is 3.44. The van der Waals surface area contributed by atoms with Gasteiger partial charge in [0.25, 0.3) is 5.91 Å². The number of rotatable bonds is 5. The Hall–Kier alpha value is -2.60. The third-order valence-electron chi connectivity index (χ3n) is 3.92. The van der Waals surface area contributed by atoms with Crippen molar-refractivity contribution in [3.63, 3.8) is 0 Å². The molecule has 0 aliphatic carbocycles.